The normalized spacial score (nSPS) is 29.1. The van der Waals surface area contributed by atoms with Crippen molar-refractivity contribution in [3.63, 3.8) is 0 Å². The molecule has 0 aromatic heterocycles. The molecule has 0 aliphatic carbocycles. The van der Waals surface area contributed by atoms with Crippen LogP contribution < -0.4 is 5.73 Å². The molecule has 2 saturated heterocycles. The van der Waals surface area contributed by atoms with Crippen LogP contribution in [0.25, 0.3) is 0 Å². The lowest BCUT2D eigenvalue weighted by atomic mass is 9.98. The van der Waals surface area contributed by atoms with Gasteiger partial charge in [-0.25, -0.2) is 0 Å². The van der Waals surface area contributed by atoms with Crippen LogP contribution in [0.3, 0.4) is 0 Å². The Labute approximate surface area is 86.5 Å². The van der Waals surface area contributed by atoms with E-state index in [9.17, 15) is 0 Å². The third kappa shape index (κ3) is 1.93. The van der Waals surface area contributed by atoms with Crippen LogP contribution in [0.2, 0.25) is 0 Å². The Morgan fingerprint density at radius 2 is 2.29 bits per heavy atom. The second-order valence-corrected chi connectivity index (χ2v) is 4.43. The zero-order valence-electron chi connectivity index (χ0n) is 8.91. The molecule has 0 aromatic rings. The fraction of sp³-hybridized carbons (Fsp3) is 0.818. The third-order valence-electron chi connectivity index (χ3n) is 3.35. The highest BCUT2D eigenvalue weighted by atomic mass is 15.3. The van der Waals surface area contributed by atoms with Gasteiger partial charge < -0.3 is 10.6 Å². The van der Waals surface area contributed by atoms with Crippen molar-refractivity contribution < 1.29 is 0 Å². The fourth-order valence-electron chi connectivity index (χ4n) is 2.67. The quantitative estimate of drug-likeness (QED) is 0.701. The van der Waals surface area contributed by atoms with Crippen molar-refractivity contribution in [2.45, 2.75) is 25.3 Å². The van der Waals surface area contributed by atoms with E-state index >= 15 is 0 Å². The summed E-state index contributed by atoms with van der Waals surface area (Å²) in [6.45, 7) is 9.39. The Balaban J connectivity index is 1.97. The summed E-state index contributed by atoms with van der Waals surface area (Å²) in [7, 11) is 0. The number of rotatable bonds is 2. The molecule has 0 amide bonds. The first kappa shape index (κ1) is 9.99. The van der Waals surface area contributed by atoms with Gasteiger partial charge in [0.25, 0.3) is 0 Å². The monoisotopic (exact) mass is 195 g/mol. The summed E-state index contributed by atoms with van der Waals surface area (Å²) in [6.07, 6.45) is 4.05. The van der Waals surface area contributed by atoms with Crippen LogP contribution in [0.5, 0.6) is 0 Å². The first-order chi connectivity index (χ1) is 6.81. The topological polar surface area (TPSA) is 32.5 Å². The Kier molecular flexibility index (Phi) is 3.08. The van der Waals surface area contributed by atoms with Crippen molar-refractivity contribution in [3.05, 3.63) is 12.3 Å². The van der Waals surface area contributed by atoms with E-state index in [0.29, 0.717) is 0 Å². The van der Waals surface area contributed by atoms with Crippen LogP contribution in [0.4, 0.5) is 0 Å². The summed E-state index contributed by atoms with van der Waals surface area (Å²) >= 11 is 0. The standard InChI is InChI=1S/C11H21N3/c1-10-8-13(7-5-12)9-11-4-2-3-6-14(10)11/h11H,1-9,12H2. The Bertz CT molecular complexity index is 215. The van der Waals surface area contributed by atoms with Crippen molar-refractivity contribution >= 4 is 0 Å². The number of piperidine rings is 1. The van der Waals surface area contributed by atoms with Gasteiger partial charge in [-0.15, -0.1) is 0 Å². The van der Waals surface area contributed by atoms with Crippen LogP contribution >= 0.6 is 0 Å². The lowest BCUT2D eigenvalue weighted by Crippen LogP contribution is -2.53. The second kappa shape index (κ2) is 4.32. The maximum atomic E-state index is 5.59. The molecule has 2 fully saturated rings. The minimum absolute atomic E-state index is 0.719. The van der Waals surface area contributed by atoms with Crippen molar-refractivity contribution in [1.82, 2.24) is 9.80 Å². The first-order valence-electron chi connectivity index (χ1n) is 5.68. The molecular formula is C11H21N3. The minimum atomic E-state index is 0.719. The lowest BCUT2D eigenvalue weighted by Gasteiger charge is -2.46. The molecule has 0 saturated carbocycles. The maximum Gasteiger partial charge on any atom is 0.0414 e. The van der Waals surface area contributed by atoms with Crippen molar-refractivity contribution in [2.24, 2.45) is 5.73 Å². The summed E-state index contributed by atoms with van der Waals surface area (Å²) in [6, 6.07) is 0.719. The zero-order valence-corrected chi connectivity index (χ0v) is 8.91. The van der Waals surface area contributed by atoms with Gasteiger partial charge in [0.1, 0.15) is 0 Å². The molecule has 1 atom stereocenters. The number of fused-ring (bicyclic) bond motifs is 1. The summed E-state index contributed by atoms with van der Waals surface area (Å²) in [5.74, 6) is 0. The van der Waals surface area contributed by atoms with Gasteiger partial charge in [-0.3, -0.25) is 4.90 Å². The Morgan fingerprint density at radius 3 is 3.07 bits per heavy atom. The molecule has 1 unspecified atom stereocenters. The van der Waals surface area contributed by atoms with E-state index in [1.165, 1.54) is 38.0 Å². The average molecular weight is 195 g/mol. The third-order valence-corrected chi connectivity index (χ3v) is 3.35. The van der Waals surface area contributed by atoms with Crippen LogP contribution in [-0.4, -0.2) is 48.6 Å². The molecule has 14 heavy (non-hydrogen) atoms. The number of nitrogens with two attached hydrogens (primary N) is 1. The van der Waals surface area contributed by atoms with Gasteiger partial charge in [0.2, 0.25) is 0 Å². The zero-order chi connectivity index (χ0) is 9.97. The Hall–Kier alpha value is -0.540. The summed E-state index contributed by atoms with van der Waals surface area (Å²) in [5, 5.41) is 0. The van der Waals surface area contributed by atoms with Crippen LogP contribution in [0, 0.1) is 0 Å². The van der Waals surface area contributed by atoms with Gasteiger partial charge in [-0.1, -0.05) is 6.58 Å². The summed E-state index contributed by atoms with van der Waals surface area (Å²) in [5.41, 5.74) is 6.89. The Morgan fingerprint density at radius 1 is 1.43 bits per heavy atom. The van der Waals surface area contributed by atoms with E-state index in [1.54, 1.807) is 0 Å². The minimum Gasteiger partial charge on any atom is -0.370 e. The summed E-state index contributed by atoms with van der Waals surface area (Å²) < 4.78 is 0. The molecule has 0 spiro atoms. The summed E-state index contributed by atoms with van der Waals surface area (Å²) in [4.78, 5) is 4.95. The molecular weight excluding hydrogens is 174 g/mol. The van der Waals surface area contributed by atoms with Crippen molar-refractivity contribution in [3.8, 4) is 0 Å². The molecule has 0 aromatic carbocycles. The van der Waals surface area contributed by atoms with Crippen LogP contribution in [-0.2, 0) is 0 Å². The fourth-order valence-corrected chi connectivity index (χ4v) is 2.67. The van der Waals surface area contributed by atoms with Gasteiger partial charge >= 0.3 is 0 Å². The predicted molar refractivity (Wildman–Crippen MR) is 59.0 cm³/mol. The van der Waals surface area contributed by atoms with E-state index in [4.69, 9.17) is 5.73 Å². The highest BCUT2D eigenvalue weighted by Gasteiger charge is 2.29. The van der Waals surface area contributed by atoms with Crippen LogP contribution in [0.15, 0.2) is 12.3 Å². The average Bonchev–Trinajstić information content (AvgIpc) is 2.18. The van der Waals surface area contributed by atoms with Crippen molar-refractivity contribution in [2.75, 3.05) is 32.7 Å². The molecule has 2 aliphatic heterocycles. The predicted octanol–water partition coefficient (Wildman–Crippen LogP) is 0.629. The lowest BCUT2D eigenvalue weighted by molar-refractivity contribution is 0.0903. The second-order valence-electron chi connectivity index (χ2n) is 4.43. The molecule has 0 radical (unpaired) electrons. The molecule has 3 nitrogen and oxygen atoms in total. The number of piperazine rings is 1. The van der Waals surface area contributed by atoms with E-state index < -0.39 is 0 Å². The highest BCUT2D eigenvalue weighted by molar-refractivity contribution is 5.05. The number of hydrogen-bond donors (Lipinski definition) is 1. The molecule has 2 N–H and O–H groups in total. The smallest absolute Gasteiger partial charge is 0.0414 e. The molecule has 80 valence electrons. The first-order valence-corrected chi connectivity index (χ1v) is 5.68. The van der Waals surface area contributed by atoms with E-state index in [1.807, 2.05) is 0 Å². The van der Waals surface area contributed by atoms with Gasteiger partial charge in [-0.05, 0) is 19.3 Å². The van der Waals surface area contributed by atoms with E-state index in [2.05, 4.69) is 16.4 Å². The van der Waals surface area contributed by atoms with Gasteiger partial charge in [0.15, 0.2) is 0 Å². The highest BCUT2D eigenvalue weighted by Crippen LogP contribution is 2.25. The van der Waals surface area contributed by atoms with E-state index in [0.717, 1.165) is 25.7 Å². The van der Waals surface area contributed by atoms with Gasteiger partial charge in [0, 0.05) is 44.5 Å². The van der Waals surface area contributed by atoms with E-state index in [-0.39, 0.29) is 0 Å². The molecule has 2 aliphatic rings. The number of hydrogen-bond acceptors (Lipinski definition) is 3. The van der Waals surface area contributed by atoms with Crippen molar-refractivity contribution in [1.29, 1.82) is 0 Å². The van der Waals surface area contributed by atoms with Crippen LogP contribution in [0.1, 0.15) is 19.3 Å². The molecule has 0 bridgehead atoms. The van der Waals surface area contributed by atoms with Gasteiger partial charge in [-0.2, -0.15) is 0 Å². The van der Waals surface area contributed by atoms with Gasteiger partial charge in [0.05, 0.1) is 0 Å². The molecule has 3 heteroatoms. The SMILES string of the molecule is C=C1CN(CCN)CC2CCCCN12. The number of nitrogens with zero attached hydrogens (tertiary/aromatic N) is 2. The maximum absolute atomic E-state index is 5.59. The molecule has 2 heterocycles. The largest absolute Gasteiger partial charge is 0.370 e. The molecule has 2 rings (SSSR count).